The number of hydrogen-bond donors (Lipinski definition) is 2. The van der Waals surface area contributed by atoms with E-state index in [0.717, 1.165) is 5.75 Å². The zero-order chi connectivity index (χ0) is 12.7. The van der Waals surface area contributed by atoms with Crippen molar-refractivity contribution < 1.29 is 9.84 Å². The van der Waals surface area contributed by atoms with Crippen molar-refractivity contribution in [3.05, 3.63) is 35.4 Å². The van der Waals surface area contributed by atoms with E-state index in [1.54, 1.807) is 18.9 Å². The first-order valence-electron chi connectivity index (χ1n) is 5.70. The number of ether oxygens (including phenoxy) is 1. The summed E-state index contributed by atoms with van der Waals surface area (Å²) in [7, 11) is 1.63. The quantitative estimate of drug-likeness (QED) is 0.776. The third kappa shape index (κ3) is 4.68. The largest absolute Gasteiger partial charge is 0.395 e. The molecule has 4 heteroatoms. The predicted molar refractivity (Wildman–Crippen MR) is 73.2 cm³/mol. The van der Waals surface area contributed by atoms with Crippen LogP contribution in [0.1, 0.15) is 11.1 Å². The Morgan fingerprint density at radius 3 is 2.71 bits per heavy atom. The maximum absolute atomic E-state index is 9.31. The third-order valence-electron chi connectivity index (χ3n) is 2.73. The van der Waals surface area contributed by atoms with E-state index in [-0.39, 0.29) is 17.9 Å². The molecule has 3 N–H and O–H groups in total. The zero-order valence-electron chi connectivity index (χ0n) is 10.4. The number of thioether (sulfide) groups is 1. The Balaban J connectivity index is 2.50. The van der Waals surface area contributed by atoms with Gasteiger partial charge in [-0.2, -0.15) is 0 Å². The Bertz CT molecular complexity index is 333. The molecule has 0 radical (unpaired) electrons. The highest BCUT2D eigenvalue weighted by Gasteiger charge is 2.17. The van der Waals surface area contributed by atoms with Gasteiger partial charge in [0.05, 0.1) is 13.2 Å². The second kappa shape index (κ2) is 7.71. The van der Waals surface area contributed by atoms with Gasteiger partial charge in [0.2, 0.25) is 0 Å². The molecule has 1 aromatic rings. The van der Waals surface area contributed by atoms with Crippen LogP contribution in [0.2, 0.25) is 0 Å². The van der Waals surface area contributed by atoms with E-state index in [4.69, 9.17) is 10.5 Å². The minimum absolute atomic E-state index is 0.0227. The summed E-state index contributed by atoms with van der Waals surface area (Å²) in [6.07, 6.45) is 0. The molecule has 0 saturated heterocycles. The molecule has 96 valence electrons. The lowest BCUT2D eigenvalue weighted by molar-refractivity contribution is 0.167. The normalized spacial score (nSPS) is 14.6. The highest BCUT2D eigenvalue weighted by Crippen LogP contribution is 2.21. The van der Waals surface area contributed by atoms with Gasteiger partial charge in [-0.25, -0.2) is 0 Å². The fourth-order valence-electron chi connectivity index (χ4n) is 1.58. The highest BCUT2D eigenvalue weighted by molar-refractivity contribution is 7.99. The molecule has 0 aliphatic heterocycles. The van der Waals surface area contributed by atoms with Crippen molar-refractivity contribution in [1.82, 2.24) is 0 Å². The van der Waals surface area contributed by atoms with Crippen LogP contribution in [0.5, 0.6) is 0 Å². The predicted octanol–water partition coefficient (Wildman–Crippen LogP) is 1.56. The number of rotatable bonds is 7. The maximum atomic E-state index is 9.31. The molecule has 0 aromatic heterocycles. The number of hydrogen-bond acceptors (Lipinski definition) is 4. The van der Waals surface area contributed by atoms with E-state index in [2.05, 4.69) is 19.1 Å². The summed E-state index contributed by atoms with van der Waals surface area (Å²) in [5.74, 6) is 0.870. The van der Waals surface area contributed by atoms with Crippen molar-refractivity contribution in [2.24, 2.45) is 5.73 Å². The molecular formula is C13H21NO2S. The van der Waals surface area contributed by atoms with Gasteiger partial charge in [-0.05, 0) is 18.1 Å². The Kier molecular flexibility index (Phi) is 6.58. The maximum Gasteiger partial charge on any atom is 0.0625 e. The van der Waals surface area contributed by atoms with Crippen molar-refractivity contribution in [2.45, 2.75) is 24.0 Å². The van der Waals surface area contributed by atoms with Crippen LogP contribution in [0.4, 0.5) is 0 Å². The van der Waals surface area contributed by atoms with Crippen LogP contribution in [0, 0.1) is 6.92 Å². The second-order valence-electron chi connectivity index (χ2n) is 4.08. The molecule has 2 atom stereocenters. The van der Waals surface area contributed by atoms with E-state index in [1.165, 1.54) is 11.1 Å². The average Bonchev–Trinajstić information content (AvgIpc) is 2.32. The summed E-state index contributed by atoms with van der Waals surface area (Å²) in [5, 5.41) is 9.34. The summed E-state index contributed by atoms with van der Waals surface area (Å²) in [5.41, 5.74) is 8.50. The number of nitrogens with two attached hydrogens (primary N) is 1. The van der Waals surface area contributed by atoms with E-state index in [0.29, 0.717) is 6.61 Å². The van der Waals surface area contributed by atoms with Gasteiger partial charge in [-0.3, -0.25) is 0 Å². The number of methoxy groups -OCH3 is 1. The fourth-order valence-corrected chi connectivity index (χ4v) is 2.73. The summed E-state index contributed by atoms with van der Waals surface area (Å²) < 4.78 is 5.01. The van der Waals surface area contributed by atoms with E-state index in [9.17, 15) is 5.11 Å². The van der Waals surface area contributed by atoms with Crippen molar-refractivity contribution in [3.8, 4) is 0 Å². The average molecular weight is 255 g/mol. The van der Waals surface area contributed by atoms with Crippen LogP contribution in [-0.2, 0) is 10.5 Å². The topological polar surface area (TPSA) is 55.5 Å². The molecule has 1 aromatic carbocycles. The van der Waals surface area contributed by atoms with E-state index in [1.807, 2.05) is 12.1 Å². The Hall–Kier alpha value is -0.550. The molecule has 0 spiro atoms. The van der Waals surface area contributed by atoms with Gasteiger partial charge < -0.3 is 15.6 Å². The molecule has 0 aliphatic rings. The van der Waals surface area contributed by atoms with Crippen LogP contribution >= 0.6 is 11.8 Å². The van der Waals surface area contributed by atoms with Crippen LogP contribution in [0.25, 0.3) is 0 Å². The van der Waals surface area contributed by atoms with Gasteiger partial charge in [-0.15, -0.1) is 11.8 Å². The fraction of sp³-hybridized carbons (Fsp3) is 0.538. The number of aliphatic hydroxyl groups excluding tert-OH is 1. The van der Waals surface area contributed by atoms with Crippen LogP contribution in [-0.4, -0.2) is 36.7 Å². The van der Waals surface area contributed by atoms with Crippen LogP contribution in [0.15, 0.2) is 24.3 Å². The number of benzene rings is 1. The van der Waals surface area contributed by atoms with E-state index >= 15 is 0 Å². The molecule has 0 fully saturated rings. The van der Waals surface area contributed by atoms with Gasteiger partial charge in [0.15, 0.2) is 0 Å². The van der Waals surface area contributed by atoms with Crippen LogP contribution < -0.4 is 5.73 Å². The summed E-state index contributed by atoms with van der Waals surface area (Å²) in [4.78, 5) is 0. The molecule has 0 aliphatic carbocycles. The monoisotopic (exact) mass is 255 g/mol. The SMILES string of the molecule is COCC(N)C(CO)SCc1ccccc1C. The van der Waals surface area contributed by atoms with Crippen molar-refractivity contribution >= 4 is 11.8 Å². The zero-order valence-corrected chi connectivity index (χ0v) is 11.2. The smallest absolute Gasteiger partial charge is 0.0625 e. The summed E-state index contributed by atoms with van der Waals surface area (Å²) >= 11 is 1.68. The summed E-state index contributed by atoms with van der Waals surface area (Å²) in [6.45, 7) is 2.66. The minimum atomic E-state index is -0.126. The first kappa shape index (κ1) is 14.5. The number of aliphatic hydroxyl groups is 1. The molecule has 17 heavy (non-hydrogen) atoms. The number of aryl methyl sites for hydroxylation is 1. The van der Waals surface area contributed by atoms with Crippen molar-refractivity contribution in [3.63, 3.8) is 0 Å². The second-order valence-corrected chi connectivity index (χ2v) is 5.31. The van der Waals surface area contributed by atoms with Gasteiger partial charge in [0.25, 0.3) is 0 Å². The first-order valence-corrected chi connectivity index (χ1v) is 6.75. The standard InChI is InChI=1S/C13H21NO2S/c1-10-5-3-4-6-11(10)9-17-13(7-15)12(14)8-16-2/h3-6,12-13,15H,7-9,14H2,1-2H3. The van der Waals surface area contributed by atoms with Crippen molar-refractivity contribution in [2.75, 3.05) is 20.3 Å². The molecule has 0 saturated carbocycles. The Morgan fingerprint density at radius 1 is 1.41 bits per heavy atom. The summed E-state index contributed by atoms with van der Waals surface area (Å²) in [6, 6.07) is 8.15. The lowest BCUT2D eigenvalue weighted by Gasteiger charge is -2.21. The lowest BCUT2D eigenvalue weighted by Crippen LogP contribution is -2.38. The highest BCUT2D eigenvalue weighted by atomic mass is 32.2. The lowest BCUT2D eigenvalue weighted by atomic mass is 10.1. The van der Waals surface area contributed by atoms with Crippen molar-refractivity contribution in [1.29, 1.82) is 0 Å². The van der Waals surface area contributed by atoms with Gasteiger partial charge in [0, 0.05) is 24.2 Å². The molecule has 0 heterocycles. The van der Waals surface area contributed by atoms with Crippen LogP contribution in [0.3, 0.4) is 0 Å². The molecule has 1 rings (SSSR count). The molecule has 2 unspecified atom stereocenters. The third-order valence-corrected chi connectivity index (χ3v) is 4.14. The Labute approximate surface area is 107 Å². The van der Waals surface area contributed by atoms with Gasteiger partial charge in [-0.1, -0.05) is 24.3 Å². The van der Waals surface area contributed by atoms with Gasteiger partial charge >= 0.3 is 0 Å². The Morgan fingerprint density at radius 2 is 2.12 bits per heavy atom. The van der Waals surface area contributed by atoms with Gasteiger partial charge in [0.1, 0.15) is 0 Å². The molecular weight excluding hydrogens is 234 g/mol. The van der Waals surface area contributed by atoms with E-state index < -0.39 is 0 Å². The minimum Gasteiger partial charge on any atom is -0.395 e. The molecule has 3 nitrogen and oxygen atoms in total. The molecule has 0 amide bonds. The molecule has 0 bridgehead atoms. The first-order chi connectivity index (χ1) is 8.19.